The number of oxime groups is 1. The SMILES string of the molecule is O=C(Nc1ccc(C(/C=C(/c2cc(Cl)cc(Cl)c2)C(F)(F)F)=N\O)cc1)C1CCOCC1. The van der Waals surface area contributed by atoms with Crippen LogP contribution in [0.5, 0.6) is 0 Å². The van der Waals surface area contributed by atoms with Gasteiger partial charge >= 0.3 is 6.18 Å². The highest BCUT2D eigenvalue weighted by atomic mass is 35.5. The zero-order valence-electron chi connectivity index (χ0n) is 16.6. The lowest BCUT2D eigenvalue weighted by molar-refractivity contribution is -0.122. The van der Waals surface area contributed by atoms with Crippen molar-refractivity contribution in [3.05, 3.63) is 69.7 Å². The zero-order valence-corrected chi connectivity index (χ0v) is 18.1. The molecule has 2 aromatic carbocycles. The van der Waals surface area contributed by atoms with Crippen molar-refractivity contribution in [2.45, 2.75) is 19.0 Å². The largest absolute Gasteiger partial charge is 0.417 e. The maximum Gasteiger partial charge on any atom is 0.417 e. The first-order valence-corrected chi connectivity index (χ1v) is 10.4. The van der Waals surface area contributed by atoms with Crippen molar-refractivity contribution in [2.75, 3.05) is 18.5 Å². The Bertz CT molecular complexity index is 1010. The van der Waals surface area contributed by atoms with Crippen LogP contribution in [0.2, 0.25) is 10.0 Å². The van der Waals surface area contributed by atoms with E-state index >= 15 is 0 Å². The molecule has 1 amide bonds. The Labute approximate surface area is 192 Å². The van der Waals surface area contributed by atoms with Gasteiger partial charge in [-0.15, -0.1) is 0 Å². The molecule has 0 spiro atoms. The lowest BCUT2D eigenvalue weighted by atomic mass is 9.99. The van der Waals surface area contributed by atoms with E-state index in [1.807, 2.05) is 0 Å². The minimum atomic E-state index is -4.76. The summed E-state index contributed by atoms with van der Waals surface area (Å²) in [7, 11) is 0. The molecule has 2 aromatic rings. The Morgan fingerprint density at radius 2 is 1.66 bits per heavy atom. The third kappa shape index (κ3) is 6.25. The second kappa shape index (κ2) is 10.4. The molecule has 0 aromatic heterocycles. The maximum absolute atomic E-state index is 13.7. The van der Waals surface area contributed by atoms with E-state index in [4.69, 9.17) is 27.9 Å². The molecule has 0 bridgehead atoms. The smallest absolute Gasteiger partial charge is 0.410 e. The van der Waals surface area contributed by atoms with Gasteiger partial charge in [0, 0.05) is 40.4 Å². The molecule has 1 saturated heterocycles. The van der Waals surface area contributed by atoms with Crippen molar-refractivity contribution in [3.63, 3.8) is 0 Å². The number of ether oxygens (including phenoxy) is 1. The molecule has 0 atom stereocenters. The van der Waals surface area contributed by atoms with Gasteiger partial charge in [-0.25, -0.2) is 0 Å². The van der Waals surface area contributed by atoms with Gasteiger partial charge in [0.1, 0.15) is 5.71 Å². The Morgan fingerprint density at radius 3 is 2.19 bits per heavy atom. The number of halogens is 5. The molecule has 10 heteroatoms. The van der Waals surface area contributed by atoms with Gasteiger partial charge in [-0.1, -0.05) is 40.5 Å². The molecule has 0 unspecified atom stereocenters. The number of alkyl halides is 3. The number of amides is 1. The summed E-state index contributed by atoms with van der Waals surface area (Å²) in [5, 5.41) is 15.2. The average Bonchev–Trinajstić information content (AvgIpc) is 2.74. The molecule has 1 fully saturated rings. The highest BCUT2D eigenvalue weighted by Crippen LogP contribution is 2.36. The first-order valence-electron chi connectivity index (χ1n) is 9.64. The summed E-state index contributed by atoms with van der Waals surface area (Å²) in [6.45, 7) is 1.05. The number of allylic oxidation sites excluding steroid dienone is 2. The molecular formula is C22H19Cl2F3N2O3. The fourth-order valence-electron chi connectivity index (χ4n) is 3.27. The highest BCUT2D eigenvalue weighted by Gasteiger charge is 2.35. The molecule has 2 N–H and O–H groups in total. The van der Waals surface area contributed by atoms with Gasteiger partial charge in [0.25, 0.3) is 0 Å². The number of hydrogen-bond donors (Lipinski definition) is 2. The lowest BCUT2D eigenvalue weighted by Gasteiger charge is -2.21. The van der Waals surface area contributed by atoms with Crippen molar-refractivity contribution < 1.29 is 27.9 Å². The summed E-state index contributed by atoms with van der Waals surface area (Å²) in [4.78, 5) is 12.3. The molecule has 170 valence electrons. The van der Waals surface area contributed by atoms with Crippen LogP contribution in [-0.4, -0.2) is 36.2 Å². The van der Waals surface area contributed by atoms with Gasteiger partial charge in [0.05, 0.1) is 5.57 Å². The van der Waals surface area contributed by atoms with E-state index in [-0.39, 0.29) is 38.7 Å². The van der Waals surface area contributed by atoms with E-state index in [1.165, 1.54) is 30.3 Å². The number of carbonyl (C=O) groups excluding carboxylic acids is 1. The van der Waals surface area contributed by atoms with Gasteiger partial charge in [-0.2, -0.15) is 13.2 Å². The number of carbonyl (C=O) groups is 1. The third-order valence-electron chi connectivity index (χ3n) is 4.91. The quantitative estimate of drug-likeness (QED) is 0.301. The predicted molar refractivity (Wildman–Crippen MR) is 117 cm³/mol. The lowest BCUT2D eigenvalue weighted by Crippen LogP contribution is -2.28. The molecule has 1 aliphatic heterocycles. The third-order valence-corrected chi connectivity index (χ3v) is 5.34. The van der Waals surface area contributed by atoms with Crippen molar-refractivity contribution in [1.82, 2.24) is 0 Å². The van der Waals surface area contributed by atoms with Gasteiger partial charge in [0.15, 0.2) is 0 Å². The summed E-state index contributed by atoms with van der Waals surface area (Å²) >= 11 is 11.7. The summed E-state index contributed by atoms with van der Waals surface area (Å²) in [5.41, 5.74) is -0.977. The number of rotatable bonds is 5. The van der Waals surface area contributed by atoms with Crippen molar-refractivity contribution in [2.24, 2.45) is 11.1 Å². The molecule has 1 heterocycles. The van der Waals surface area contributed by atoms with Crippen LogP contribution in [0.25, 0.3) is 5.57 Å². The molecule has 1 aliphatic rings. The van der Waals surface area contributed by atoms with Crippen LogP contribution in [0.15, 0.2) is 53.7 Å². The second-order valence-electron chi connectivity index (χ2n) is 7.15. The van der Waals surface area contributed by atoms with Gasteiger partial charge in [0.2, 0.25) is 5.91 Å². The minimum Gasteiger partial charge on any atom is -0.410 e. The van der Waals surface area contributed by atoms with Crippen LogP contribution in [0.4, 0.5) is 18.9 Å². The van der Waals surface area contributed by atoms with Crippen molar-refractivity contribution in [1.29, 1.82) is 0 Å². The van der Waals surface area contributed by atoms with Crippen LogP contribution in [-0.2, 0) is 9.53 Å². The summed E-state index contributed by atoms with van der Waals surface area (Å²) in [6.07, 6.45) is -2.80. The van der Waals surface area contributed by atoms with Crippen molar-refractivity contribution >= 4 is 46.1 Å². The number of hydrogen-bond acceptors (Lipinski definition) is 4. The van der Waals surface area contributed by atoms with Crippen LogP contribution in [0, 0.1) is 5.92 Å². The van der Waals surface area contributed by atoms with Crippen LogP contribution >= 0.6 is 23.2 Å². The molecule has 0 saturated carbocycles. The monoisotopic (exact) mass is 486 g/mol. The number of anilines is 1. The summed E-state index contributed by atoms with van der Waals surface area (Å²) in [6, 6.07) is 9.50. The summed E-state index contributed by atoms with van der Waals surface area (Å²) in [5.74, 6) is -0.297. The predicted octanol–water partition coefficient (Wildman–Crippen LogP) is 6.18. The molecule has 32 heavy (non-hydrogen) atoms. The van der Waals surface area contributed by atoms with Crippen LogP contribution in [0.1, 0.15) is 24.0 Å². The first-order chi connectivity index (χ1) is 15.2. The number of benzene rings is 2. The molecule has 0 aliphatic carbocycles. The fourth-order valence-corrected chi connectivity index (χ4v) is 3.80. The fraction of sp³-hybridized carbons (Fsp3) is 0.273. The second-order valence-corrected chi connectivity index (χ2v) is 8.03. The molecule has 0 radical (unpaired) electrons. The average molecular weight is 487 g/mol. The van der Waals surface area contributed by atoms with E-state index in [9.17, 15) is 23.2 Å². The zero-order chi connectivity index (χ0) is 23.3. The van der Waals surface area contributed by atoms with Crippen LogP contribution in [0.3, 0.4) is 0 Å². The Hall–Kier alpha value is -2.55. The Balaban J connectivity index is 1.84. The van der Waals surface area contributed by atoms with E-state index in [1.54, 1.807) is 0 Å². The first kappa shape index (κ1) is 24.1. The molecule has 3 rings (SSSR count). The van der Waals surface area contributed by atoms with E-state index < -0.39 is 11.7 Å². The van der Waals surface area contributed by atoms with E-state index in [2.05, 4.69) is 10.5 Å². The minimum absolute atomic E-state index is 0.0368. The molecular weight excluding hydrogens is 468 g/mol. The topological polar surface area (TPSA) is 70.9 Å². The van der Waals surface area contributed by atoms with Gasteiger partial charge in [-0.05, 0) is 54.8 Å². The Morgan fingerprint density at radius 1 is 1.06 bits per heavy atom. The Kier molecular flexibility index (Phi) is 7.82. The number of nitrogens with zero attached hydrogens (tertiary/aromatic N) is 1. The normalized spacial score (nSPS) is 16.2. The van der Waals surface area contributed by atoms with E-state index in [0.717, 1.165) is 12.1 Å². The van der Waals surface area contributed by atoms with Gasteiger partial charge < -0.3 is 15.3 Å². The van der Waals surface area contributed by atoms with Crippen LogP contribution < -0.4 is 5.32 Å². The summed E-state index contributed by atoms with van der Waals surface area (Å²) < 4.78 is 46.4. The van der Waals surface area contributed by atoms with Crippen molar-refractivity contribution in [3.8, 4) is 0 Å². The highest BCUT2D eigenvalue weighted by molar-refractivity contribution is 6.35. The maximum atomic E-state index is 13.7. The molecule has 5 nitrogen and oxygen atoms in total. The number of nitrogens with one attached hydrogen (secondary N) is 1. The van der Waals surface area contributed by atoms with Gasteiger partial charge in [-0.3, -0.25) is 4.79 Å². The van der Waals surface area contributed by atoms with E-state index in [0.29, 0.717) is 37.8 Å². The standard InChI is InChI=1S/C22H19Cl2F3N2O3/c23-16-9-15(10-17(24)11-16)19(22(25,26)27)12-20(29-31)13-1-3-18(4-2-13)28-21(30)14-5-7-32-8-6-14/h1-4,9-12,14,31H,5-8H2,(H,28,30)/b19-12-,29-20-.